The standard InChI is InChI=1S/C12H17NS/c1-13-8-7-10-5-6-11(9-12(10)13)14(2,3)4/h5-9H,1-4H3. The molecule has 0 fully saturated rings. The van der Waals surface area contributed by atoms with Crippen LogP contribution in [0.5, 0.6) is 0 Å². The van der Waals surface area contributed by atoms with Gasteiger partial charge in [0.05, 0.1) is 0 Å². The van der Waals surface area contributed by atoms with E-state index in [9.17, 15) is 0 Å². The van der Waals surface area contributed by atoms with E-state index in [-0.39, 0.29) is 0 Å². The van der Waals surface area contributed by atoms with Gasteiger partial charge in [0.2, 0.25) is 0 Å². The summed E-state index contributed by atoms with van der Waals surface area (Å²) in [6.07, 6.45) is 9.11. The quantitative estimate of drug-likeness (QED) is 0.676. The molecule has 0 aliphatic carbocycles. The van der Waals surface area contributed by atoms with Crippen LogP contribution in [0.4, 0.5) is 0 Å². The number of aromatic nitrogens is 1. The zero-order valence-corrected chi connectivity index (χ0v) is 10.1. The Hall–Kier alpha value is -0.890. The summed E-state index contributed by atoms with van der Waals surface area (Å²) in [5, 5.41) is 1.33. The maximum absolute atomic E-state index is 2.33. The molecule has 0 bridgehead atoms. The first-order chi connectivity index (χ1) is 6.48. The summed E-state index contributed by atoms with van der Waals surface area (Å²) >= 11 is 0. The Morgan fingerprint density at radius 1 is 1.07 bits per heavy atom. The van der Waals surface area contributed by atoms with E-state index in [4.69, 9.17) is 0 Å². The number of fused-ring (bicyclic) bond motifs is 1. The monoisotopic (exact) mass is 207 g/mol. The second-order valence-corrected chi connectivity index (χ2v) is 8.63. The van der Waals surface area contributed by atoms with Crippen LogP contribution in [0.15, 0.2) is 35.4 Å². The van der Waals surface area contributed by atoms with Gasteiger partial charge in [0.1, 0.15) is 0 Å². The fraction of sp³-hybridized carbons (Fsp3) is 0.333. The Kier molecular flexibility index (Phi) is 2.11. The lowest BCUT2D eigenvalue weighted by Gasteiger charge is -2.25. The molecule has 1 nitrogen and oxygen atoms in total. The molecule has 0 amide bonds. The van der Waals surface area contributed by atoms with E-state index in [1.807, 2.05) is 0 Å². The predicted molar refractivity (Wildman–Crippen MR) is 66.5 cm³/mol. The number of rotatable bonds is 1. The summed E-state index contributed by atoms with van der Waals surface area (Å²) in [7, 11) is 1.50. The molecule has 0 spiro atoms. The summed E-state index contributed by atoms with van der Waals surface area (Å²) in [4.78, 5) is 1.48. The zero-order chi connectivity index (χ0) is 10.3. The Balaban J connectivity index is 2.66. The van der Waals surface area contributed by atoms with Gasteiger partial charge in [-0.2, -0.15) is 0 Å². The molecule has 0 atom stereocenters. The van der Waals surface area contributed by atoms with Crippen molar-refractivity contribution >= 4 is 20.9 Å². The lowest BCUT2D eigenvalue weighted by Crippen LogP contribution is -1.93. The molecule has 2 heteroatoms. The first kappa shape index (κ1) is 9.66. The van der Waals surface area contributed by atoms with E-state index in [1.54, 1.807) is 0 Å². The molecule has 0 aliphatic rings. The number of aryl methyl sites for hydroxylation is 1. The molecule has 0 radical (unpaired) electrons. The minimum Gasteiger partial charge on any atom is -0.351 e. The molecule has 0 saturated heterocycles. The fourth-order valence-corrected chi connectivity index (χ4v) is 2.56. The summed E-state index contributed by atoms with van der Waals surface area (Å²) in [6.45, 7) is 0. The topological polar surface area (TPSA) is 4.93 Å². The highest BCUT2D eigenvalue weighted by atomic mass is 32.3. The van der Waals surface area contributed by atoms with Crippen molar-refractivity contribution in [1.82, 2.24) is 4.57 Å². The summed E-state index contributed by atoms with van der Waals surface area (Å²) < 4.78 is 2.18. The van der Waals surface area contributed by atoms with Crippen molar-refractivity contribution in [2.45, 2.75) is 4.90 Å². The third-order valence-corrected chi connectivity index (χ3v) is 4.23. The van der Waals surface area contributed by atoms with Crippen molar-refractivity contribution in [1.29, 1.82) is 0 Å². The average Bonchev–Trinajstić information content (AvgIpc) is 2.46. The third kappa shape index (κ3) is 1.55. The smallest absolute Gasteiger partial charge is 0.0488 e. The van der Waals surface area contributed by atoms with Crippen LogP contribution in [0.2, 0.25) is 0 Å². The van der Waals surface area contributed by atoms with E-state index in [0.29, 0.717) is 0 Å². The van der Waals surface area contributed by atoms with Gasteiger partial charge in [-0.1, -0.05) is 6.07 Å². The highest BCUT2D eigenvalue weighted by Gasteiger charge is 2.09. The summed E-state index contributed by atoms with van der Waals surface area (Å²) in [5.74, 6) is 0. The second kappa shape index (κ2) is 3.06. The van der Waals surface area contributed by atoms with E-state index in [1.165, 1.54) is 15.8 Å². The summed E-state index contributed by atoms with van der Waals surface area (Å²) in [6, 6.07) is 8.97. The number of hydrogen-bond acceptors (Lipinski definition) is 0. The molecule has 0 saturated carbocycles. The van der Waals surface area contributed by atoms with Crippen molar-refractivity contribution in [3.8, 4) is 0 Å². The van der Waals surface area contributed by atoms with Crippen LogP contribution in [0.3, 0.4) is 0 Å². The molecule has 1 aromatic carbocycles. The normalized spacial score (nSPS) is 13.4. The van der Waals surface area contributed by atoms with E-state index < -0.39 is 10.0 Å². The first-order valence-corrected chi connectivity index (χ1v) is 7.58. The number of hydrogen-bond donors (Lipinski definition) is 0. The average molecular weight is 207 g/mol. The van der Waals surface area contributed by atoms with Crippen molar-refractivity contribution in [3.63, 3.8) is 0 Å². The molecule has 2 rings (SSSR count). The van der Waals surface area contributed by atoms with Gasteiger partial charge >= 0.3 is 0 Å². The van der Waals surface area contributed by atoms with E-state index >= 15 is 0 Å². The Bertz CT molecular complexity index is 463. The van der Waals surface area contributed by atoms with Crippen LogP contribution in [0.1, 0.15) is 0 Å². The second-order valence-electron chi connectivity index (χ2n) is 4.48. The molecule has 0 N–H and O–H groups in total. The molecule has 14 heavy (non-hydrogen) atoms. The van der Waals surface area contributed by atoms with Gasteiger partial charge in [0.25, 0.3) is 0 Å². The maximum Gasteiger partial charge on any atom is 0.0488 e. The fourth-order valence-electron chi connectivity index (χ4n) is 1.62. The molecule has 1 heterocycles. The van der Waals surface area contributed by atoms with Crippen LogP contribution in [-0.4, -0.2) is 23.3 Å². The maximum atomic E-state index is 2.33. The van der Waals surface area contributed by atoms with Crippen molar-refractivity contribution in [2.75, 3.05) is 18.8 Å². The largest absolute Gasteiger partial charge is 0.351 e. The number of nitrogens with zero attached hydrogens (tertiary/aromatic N) is 1. The van der Waals surface area contributed by atoms with E-state index in [0.717, 1.165) is 0 Å². The van der Waals surface area contributed by atoms with Gasteiger partial charge in [-0.15, -0.1) is 0 Å². The van der Waals surface area contributed by atoms with Gasteiger partial charge in [-0.05, 0) is 47.2 Å². The van der Waals surface area contributed by atoms with Crippen molar-refractivity contribution < 1.29 is 0 Å². The van der Waals surface area contributed by atoms with E-state index in [2.05, 4.69) is 60.8 Å². The van der Waals surface area contributed by atoms with Crippen LogP contribution < -0.4 is 0 Å². The molecular weight excluding hydrogens is 190 g/mol. The number of benzene rings is 1. The SMILES string of the molecule is Cn1ccc2ccc(S(C)(C)C)cc21. The van der Waals surface area contributed by atoms with Gasteiger partial charge in [-0.3, -0.25) is 0 Å². The molecule has 2 aromatic rings. The Morgan fingerprint density at radius 3 is 2.43 bits per heavy atom. The highest BCUT2D eigenvalue weighted by molar-refractivity contribution is 8.32. The lowest BCUT2D eigenvalue weighted by atomic mass is 10.2. The molecule has 1 aromatic heterocycles. The molecular formula is C12H17NS. The Morgan fingerprint density at radius 2 is 1.79 bits per heavy atom. The van der Waals surface area contributed by atoms with Gasteiger partial charge in [0, 0.05) is 18.8 Å². The van der Waals surface area contributed by atoms with Crippen LogP contribution in [0.25, 0.3) is 10.9 Å². The first-order valence-electron chi connectivity index (χ1n) is 4.72. The zero-order valence-electron chi connectivity index (χ0n) is 9.24. The minimum atomic E-state index is -0.602. The van der Waals surface area contributed by atoms with Gasteiger partial charge in [0.15, 0.2) is 0 Å². The molecule has 76 valence electrons. The Labute approximate surface area is 87.1 Å². The van der Waals surface area contributed by atoms with Crippen LogP contribution in [0, 0.1) is 0 Å². The highest BCUT2D eigenvalue weighted by Crippen LogP contribution is 2.45. The molecule has 0 unspecified atom stereocenters. The van der Waals surface area contributed by atoms with Gasteiger partial charge in [-0.25, -0.2) is 10.0 Å². The minimum absolute atomic E-state index is 0.602. The van der Waals surface area contributed by atoms with Crippen LogP contribution >= 0.6 is 10.0 Å². The van der Waals surface area contributed by atoms with Crippen LogP contribution in [-0.2, 0) is 7.05 Å². The van der Waals surface area contributed by atoms with Crippen molar-refractivity contribution in [3.05, 3.63) is 30.5 Å². The van der Waals surface area contributed by atoms with Crippen molar-refractivity contribution in [2.24, 2.45) is 7.05 Å². The summed E-state index contributed by atoms with van der Waals surface area (Å²) in [5.41, 5.74) is 1.34. The third-order valence-electron chi connectivity index (χ3n) is 2.57. The molecule has 0 aliphatic heterocycles. The predicted octanol–water partition coefficient (Wildman–Crippen LogP) is 3.23. The van der Waals surface area contributed by atoms with Gasteiger partial charge < -0.3 is 4.57 Å². The lowest BCUT2D eigenvalue weighted by molar-refractivity contribution is 0.967.